The van der Waals surface area contributed by atoms with E-state index in [0.717, 1.165) is 17.2 Å². The van der Waals surface area contributed by atoms with Crippen LogP contribution in [-0.2, 0) is 10.8 Å². The van der Waals surface area contributed by atoms with E-state index in [9.17, 15) is 0 Å². The molecule has 3 aromatic carbocycles. The Morgan fingerprint density at radius 1 is 0.741 bits per heavy atom. The Bertz CT molecular complexity index is 1020. The van der Waals surface area contributed by atoms with Gasteiger partial charge in [0.1, 0.15) is 5.84 Å². The Hall–Kier alpha value is -2.61. The number of anilines is 1. The minimum atomic E-state index is 0.0954. The third-order valence-corrected chi connectivity index (χ3v) is 5.30. The molecule has 1 aliphatic heterocycles. The fourth-order valence-corrected chi connectivity index (χ4v) is 3.59. The number of rotatable bonds is 1. The molecule has 4 rings (SSSR count). The van der Waals surface area contributed by atoms with Crippen molar-refractivity contribution in [2.24, 2.45) is 4.99 Å². The Morgan fingerprint density at radius 2 is 1.33 bits per heavy atom. The minimum absolute atomic E-state index is 0.0954. The highest BCUT2D eigenvalue weighted by atomic mass is 15.0. The van der Waals surface area contributed by atoms with Crippen LogP contribution in [0.5, 0.6) is 0 Å². The third-order valence-electron chi connectivity index (χ3n) is 5.30. The van der Waals surface area contributed by atoms with Crippen LogP contribution in [0.3, 0.4) is 0 Å². The molecule has 0 bridgehead atoms. The van der Waals surface area contributed by atoms with Crippen molar-refractivity contribution in [1.29, 1.82) is 0 Å². The highest BCUT2D eigenvalue weighted by molar-refractivity contribution is 6.23. The molecule has 138 valence electrons. The summed E-state index contributed by atoms with van der Waals surface area (Å²) in [7, 11) is 0. The van der Waals surface area contributed by atoms with Gasteiger partial charge in [-0.25, -0.2) is 4.99 Å². The average molecular weight is 357 g/mol. The van der Waals surface area contributed by atoms with Gasteiger partial charge >= 0.3 is 0 Å². The molecule has 0 radical (unpaired) electrons. The molecular formula is C25H28N2. The predicted molar refractivity (Wildman–Crippen MR) is 118 cm³/mol. The van der Waals surface area contributed by atoms with Crippen LogP contribution in [-0.4, -0.2) is 5.84 Å². The number of hydrogen-bond acceptors (Lipinski definition) is 2. The molecule has 1 aliphatic rings. The Labute approximate surface area is 162 Å². The maximum atomic E-state index is 4.88. The molecule has 27 heavy (non-hydrogen) atoms. The van der Waals surface area contributed by atoms with E-state index >= 15 is 0 Å². The number of hydrogen-bond donors (Lipinski definition) is 1. The Kier molecular flexibility index (Phi) is 3.92. The first-order valence-corrected chi connectivity index (χ1v) is 9.67. The highest BCUT2D eigenvalue weighted by Crippen LogP contribution is 2.37. The van der Waals surface area contributed by atoms with Gasteiger partial charge in [-0.2, -0.15) is 0 Å². The molecule has 0 fully saturated rings. The maximum Gasteiger partial charge on any atom is 0.139 e. The van der Waals surface area contributed by atoms with Crippen LogP contribution in [0.1, 0.15) is 58.2 Å². The molecule has 0 aromatic heterocycles. The van der Waals surface area contributed by atoms with Crippen molar-refractivity contribution in [3.05, 3.63) is 71.3 Å². The van der Waals surface area contributed by atoms with E-state index in [4.69, 9.17) is 4.99 Å². The van der Waals surface area contributed by atoms with Crippen molar-refractivity contribution in [3.63, 3.8) is 0 Å². The zero-order chi connectivity index (χ0) is 19.4. The molecule has 0 amide bonds. The van der Waals surface area contributed by atoms with Gasteiger partial charge in [0, 0.05) is 16.6 Å². The van der Waals surface area contributed by atoms with Gasteiger partial charge in [-0.05, 0) is 45.5 Å². The molecule has 2 nitrogen and oxygen atoms in total. The normalized spacial score (nSPS) is 13.8. The van der Waals surface area contributed by atoms with Crippen molar-refractivity contribution in [2.45, 2.75) is 52.4 Å². The van der Waals surface area contributed by atoms with Crippen LogP contribution in [0, 0.1) is 0 Å². The summed E-state index contributed by atoms with van der Waals surface area (Å²) in [5.74, 6) is 0.938. The summed E-state index contributed by atoms with van der Waals surface area (Å²) >= 11 is 0. The first-order valence-electron chi connectivity index (χ1n) is 9.67. The van der Waals surface area contributed by atoms with Gasteiger partial charge < -0.3 is 5.32 Å². The number of nitrogens with one attached hydrogen (secondary N) is 1. The molecule has 2 heteroatoms. The average Bonchev–Trinajstić information content (AvgIpc) is 2.93. The molecule has 3 aromatic rings. The van der Waals surface area contributed by atoms with Crippen molar-refractivity contribution < 1.29 is 0 Å². The molecule has 0 spiro atoms. The summed E-state index contributed by atoms with van der Waals surface area (Å²) in [4.78, 5) is 4.88. The van der Waals surface area contributed by atoms with Gasteiger partial charge in [0.05, 0.1) is 5.69 Å². The van der Waals surface area contributed by atoms with E-state index in [1.54, 1.807) is 0 Å². The van der Waals surface area contributed by atoms with E-state index in [1.807, 2.05) is 0 Å². The standard InChI is InChI=1S/C25H28N2/c1-24(2,3)17-13-18(25(4,5)6)15-19(14-17)26-23-20-11-7-9-16-10-8-12-21(27-23)22(16)20/h7-15H,1-6H3,(H,26,27). The lowest BCUT2D eigenvalue weighted by Crippen LogP contribution is -2.18. The van der Waals surface area contributed by atoms with E-state index in [2.05, 4.69) is 101 Å². The fraction of sp³-hybridized carbons (Fsp3) is 0.320. The van der Waals surface area contributed by atoms with Crippen LogP contribution >= 0.6 is 0 Å². The Morgan fingerprint density at radius 3 is 1.93 bits per heavy atom. The summed E-state index contributed by atoms with van der Waals surface area (Å²) < 4.78 is 0. The summed E-state index contributed by atoms with van der Waals surface area (Å²) in [6, 6.07) is 19.6. The number of nitrogens with zero attached hydrogens (tertiary/aromatic N) is 1. The topological polar surface area (TPSA) is 24.4 Å². The number of aliphatic imine (C=N–C) groups is 1. The smallest absolute Gasteiger partial charge is 0.139 e. The first kappa shape index (κ1) is 17.8. The third kappa shape index (κ3) is 3.25. The summed E-state index contributed by atoms with van der Waals surface area (Å²) in [5, 5.41) is 6.10. The van der Waals surface area contributed by atoms with Gasteiger partial charge in [-0.1, -0.05) is 77.9 Å². The minimum Gasteiger partial charge on any atom is -0.340 e. The molecular weight excluding hydrogens is 328 g/mol. The molecule has 0 saturated heterocycles. The van der Waals surface area contributed by atoms with Crippen molar-refractivity contribution in [2.75, 3.05) is 5.32 Å². The van der Waals surface area contributed by atoms with Gasteiger partial charge in [0.15, 0.2) is 0 Å². The van der Waals surface area contributed by atoms with E-state index in [1.165, 1.54) is 27.5 Å². The van der Waals surface area contributed by atoms with E-state index < -0.39 is 0 Å². The second kappa shape index (κ2) is 5.95. The van der Waals surface area contributed by atoms with E-state index in [-0.39, 0.29) is 10.8 Å². The van der Waals surface area contributed by atoms with Crippen molar-refractivity contribution in [1.82, 2.24) is 0 Å². The monoisotopic (exact) mass is 356 g/mol. The van der Waals surface area contributed by atoms with Gasteiger partial charge in [-0.15, -0.1) is 0 Å². The second-order valence-electron chi connectivity index (χ2n) is 9.57. The van der Waals surface area contributed by atoms with Crippen LogP contribution < -0.4 is 5.32 Å². The van der Waals surface area contributed by atoms with Crippen LogP contribution in [0.4, 0.5) is 11.4 Å². The lowest BCUT2D eigenvalue weighted by molar-refractivity contribution is 0.569. The number of amidine groups is 1. The summed E-state index contributed by atoms with van der Waals surface area (Å²) in [5.41, 5.74) is 6.21. The van der Waals surface area contributed by atoms with Gasteiger partial charge in [0.25, 0.3) is 0 Å². The molecule has 0 atom stereocenters. The summed E-state index contributed by atoms with van der Waals surface area (Å²) in [6.45, 7) is 13.6. The van der Waals surface area contributed by atoms with Crippen molar-refractivity contribution >= 4 is 28.0 Å². The molecule has 0 aliphatic carbocycles. The number of benzene rings is 3. The van der Waals surface area contributed by atoms with Gasteiger partial charge in [-0.3, -0.25) is 0 Å². The largest absolute Gasteiger partial charge is 0.340 e. The summed E-state index contributed by atoms with van der Waals surface area (Å²) in [6.07, 6.45) is 0. The van der Waals surface area contributed by atoms with Crippen molar-refractivity contribution in [3.8, 4) is 0 Å². The predicted octanol–water partition coefficient (Wildman–Crippen LogP) is 6.94. The lowest BCUT2D eigenvalue weighted by Gasteiger charge is -2.26. The second-order valence-corrected chi connectivity index (χ2v) is 9.57. The zero-order valence-corrected chi connectivity index (χ0v) is 17.1. The fourth-order valence-electron chi connectivity index (χ4n) is 3.59. The van der Waals surface area contributed by atoms with Crippen LogP contribution in [0.25, 0.3) is 10.8 Å². The zero-order valence-electron chi connectivity index (χ0n) is 17.1. The highest BCUT2D eigenvalue weighted by Gasteiger charge is 2.22. The quantitative estimate of drug-likeness (QED) is 0.502. The van der Waals surface area contributed by atoms with E-state index in [0.29, 0.717) is 0 Å². The molecule has 0 unspecified atom stereocenters. The maximum absolute atomic E-state index is 4.88. The molecule has 1 heterocycles. The molecule has 0 saturated carbocycles. The van der Waals surface area contributed by atoms with Gasteiger partial charge in [0.2, 0.25) is 0 Å². The SMILES string of the molecule is CC(C)(C)c1cc(NC2=Nc3cccc4cccc2c34)cc(C(C)(C)C)c1. The Balaban J connectivity index is 1.79. The van der Waals surface area contributed by atoms with Crippen LogP contribution in [0.2, 0.25) is 0 Å². The molecule has 1 N–H and O–H groups in total. The van der Waals surface area contributed by atoms with Crippen LogP contribution in [0.15, 0.2) is 59.6 Å². The lowest BCUT2D eigenvalue weighted by atomic mass is 9.80. The first-order chi connectivity index (χ1) is 12.6.